The second-order valence-corrected chi connectivity index (χ2v) is 4.50. The van der Waals surface area contributed by atoms with E-state index in [-0.39, 0.29) is 12.4 Å². The van der Waals surface area contributed by atoms with Crippen molar-refractivity contribution >= 4 is 5.69 Å². The number of pyridine rings is 1. The minimum absolute atomic E-state index is 0.140. The minimum Gasteiger partial charge on any atom is -0.339 e. The molecule has 0 atom stereocenters. The average Bonchev–Trinajstić information content (AvgIpc) is 2.98. The Morgan fingerprint density at radius 1 is 1.23 bits per heavy atom. The van der Waals surface area contributed by atoms with E-state index in [1.165, 1.54) is 10.8 Å². The summed E-state index contributed by atoms with van der Waals surface area (Å²) in [4.78, 5) is 25.6. The Labute approximate surface area is 123 Å². The lowest BCUT2D eigenvalue weighted by Gasteiger charge is -2.01. The molecule has 2 aromatic heterocycles. The third kappa shape index (κ3) is 2.75. The molecule has 0 aliphatic heterocycles. The molecule has 0 aliphatic rings. The minimum atomic E-state index is -0.720. The first-order valence-electron chi connectivity index (χ1n) is 6.36. The molecule has 110 valence electrons. The van der Waals surface area contributed by atoms with Crippen molar-refractivity contribution in [2.24, 2.45) is 0 Å². The first-order chi connectivity index (χ1) is 10.6. The fraction of sp³-hybridized carbons (Fsp3) is 0.0714. The molecule has 0 saturated carbocycles. The molecule has 2 heterocycles. The molecule has 3 rings (SSSR count). The number of hydrogen-bond donors (Lipinski definition) is 0. The van der Waals surface area contributed by atoms with Crippen molar-refractivity contribution in [1.29, 1.82) is 0 Å². The molecule has 8 heteroatoms. The molecule has 0 N–H and O–H groups in total. The van der Waals surface area contributed by atoms with Crippen molar-refractivity contribution in [2.45, 2.75) is 6.54 Å². The van der Waals surface area contributed by atoms with Gasteiger partial charge in [0.1, 0.15) is 6.54 Å². The monoisotopic (exact) mass is 298 g/mol. The van der Waals surface area contributed by atoms with Gasteiger partial charge in [-0.2, -0.15) is 4.98 Å². The molecule has 0 aliphatic carbocycles. The highest BCUT2D eigenvalue weighted by Crippen LogP contribution is 2.15. The summed E-state index contributed by atoms with van der Waals surface area (Å²) in [5.74, 6) is 0.725. The molecule has 0 bridgehead atoms. The largest absolute Gasteiger partial charge is 0.339 e. The molecule has 0 radical (unpaired) electrons. The number of benzene rings is 1. The number of hydrogen-bond acceptors (Lipinski definition) is 6. The highest BCUT2D eigenvalue weighted by atomic mass is 16.6. The quantitative estimate of drug-likeness (QED) is 0.537. The Kier molecular flexibility index (Phi) is 3.48. The fourth-order valence-electron chi connectivity index (χ4n) is 1.93. The molecule has 8 nitrogen and oxygen atoms in total. The van der Waals surface area contributed by atoms with E-state index in [0.29, 0.717) is 5.82 Å². The van der Waals surface area contributed by atoms with Gasteiger partial charge in [0.15, 0.2) is 0 Å². The van der Waals surface area contributed by atoms with Crippen LogP contribution in [0.15, 0.2) is 58.1 Å². The SMILES string of the molecule is O=c1ccn(Cc2nc(-c3ccccc3)no2)cc1[N+](=O)[O-]. The Morgan fingerprint density at radius 2 is 2.00 bits per heavy atom. The molecule has 0 unspecified atom stereocenters. The van der Waals surface area contributed by atoms with Crippen LogP contribution in [0.4, 0.5) is 5.69 Å². The van der Waals surface area contributed by atoms with Gasteiger partial charge in [0, 0.05) is 17.8 Å². The van der Waals surface area contributed by atoms with E-state index < -0.39 is 16.0 Å². The van der Waals surface area contributed by atoms with Gasteiger partial charge in [-0.1, -0.05) is 35.5 Å². The summed E-state index contributed by atoms with van der Waals surface area (Å²) >= 11 is 0. The van der Waals surface area contributed by atoms with Crippen LogP contribution >= 0.6 is 0 Å². The van der Waals surface area contributed by atoms with Crippen LogP contribution in [0.25, 0.3) is 11.4 Å². The van der Waals surface area contributed by atoms with Gasteiger partial charge in [-0.25, -0.2) is 0 Å². The molecule has 1 aromatic carbocycles. The van der Waals surface area contributed by atoms with Crippen LogP contribution in [-0.2, 0) is 6.54 Å². The van der Waals surface area contributed by atoms with E-state index in [1.54, 1.807) is 0 Å². The van der Waals surface area contributed by atoms with Crippen molar-refractivity contribution in [1.82, 2.24) is 14.7 Å². The zero-order valence-corrected chi connectivity index (χ0v) is 11.2. The summed E-state index contributed by atoms with van der Waals surface area (Å²) in [6.07, 6.45) is 2.58. The molecule has 0 amide bonds. The van der Waals surface area contributed by atoms with Gasteiger partial charge in [-0.3, -0.25) is 14.9 Å². The number of nitro groups is 1. The molecule has 0 spiro atoms. The first kappa shape index (κ1) is 13.7. The predicted octanol–water partition coefficient (Wildman–Crippen LogP) is 1.85. The third-order valence-electron chi connectivity index (χ3n) is 2.97. The number of rotatable bonds is 4. The van der Waals surface area contributed by atoms with Crippen molar-refractivity contribution < 1.29 is 9.45 Å². The summed E-state index contributed by atoms with van der Waals surface area (Å²) in [5.41, 5.74) is -0.328. The van der Waals surface area contributed by atoms with Crippen LogP contribution in [0.1, 0.15) is 5.89 Å². The van der Waals surface area contributed by atoms with Crippen LogP contribution < -0.4 is 5.43 Å². The van der Waals surface area contributed by atoms with Crippen LogP contribution in [0, 0.1) is 10.1 Å². The van der Waals surface area contributed by atoms with Crippen LogP contribution in [0.2, 0.25) is 0 Å². The van der Waals surface area contributed by atoms with Crippen molar-refractivity contribution in [3.05, 3.63) is 75.0 Å². The van der Waals surface area contributed by atoms with E-state index in [1.807, 2.05) is 30.3 Å². The lowest BCUT2D eigenvalue weighted by atomic mass is 10.2. The van der Waals surface area contributed by atoms with E-state index in [2.05, 4.69) is 10.1 Å². The smallest absolute Gasteiger partial charge is 0.332 e. The lowest BCUT2D eigenvalue weighted by molar-refractivity contribution is -0.386. The summed E-state index contributed by atoms with van der Waals surface area (Å²) in [6, 6.07) is 10.4. The third-order valence-corrected chi connectivity index (χ3v) is 2.97. The highest BCUT2D eigenvalue weighted by molar-refractivity contribution is 5.53. The summed E-state index contributed by atoms with van der Waals surface area (Å²) in [6.45, 7) is 0.140. The molecular formula is C14H10N4O4. The maximum Gasteiger partial charge on any atom is 0.332 e. The van der Waals surface area contributed by atoms with Gasteiger partial charge in [0.2, 0.25) is 11.7 Å². The van der Waals surface area contributed by atoms with Crippen molar-refractivity contribution in [3.8, 4) is 11.4 Å². The standard InChI is InChI=1S/C14H10N4O4/c19-12-6-7-17(8-11(12)18(20)21)9-13-15-14(16-22-13)10-4-2-1-3-5-10/h1-8H,9H2. The van der Waals surface area contributed by atoms with Gasteiger partial charge < -0.3 is 9.09 Å². The first-order valence-corrected chi connectivity index (χ1v) is 6.36. The van der Waals surface area contributed by atoms with Gasteiger partial charge in [-0.05, 0) is 0 Å². The lowest BCUT2D eigenvalue weighted by Crippen LogP contribution is -2.11. The number of aromatic nitrogens is 3. The predicted molar refractivity (Wildman–Crippen MR) is 76.2 cm³/mol. The summed E-state index contributed by atoms with van der Waals surface area (Å²) in [5, 5.41) is 14.6. The van der Waals surface area contributed by atoms with Crippen molar-refractivity contribution in [3.63, 3.8) is 0 Å². The van der Waals surface area contributed by atoms with Crippen LogP contribution in [0.5, 0.6) is 0 Å². The fourth-order valence-corrected chi connectivity index (χ4v) is 1.93. The Bertz CT molecular complexity index is 870. The van der Waals surface area contributed by atoms with E-state index in [4.69, 9.17) is 4.52 Å². The normalized spacial score (nSPS) is 10.5. The molecular weight excluding hydrogens is 288 g/mol. The van der Waals surface area contributed by atoms with Crippen LogP contribution in [0.3, 0.4) is 0 Å². The van der Waals surface area contributed by atoms with E-state index >= 15 is 0 Å². The van der Waals surface area contributed by atoms with E-state index in [9.17, 15) is 14.9 Å². The molecule has 22 heavy (non-hydrogen) atoms. The van der Waals surface area contributed by atoms with E-state index in [0.717, 1.165) is 17.8 Å². The molecule has 0 saturated heterocycles. The molecule has 3 aromatic rings. The van der Waals surface area contributed by atoms with Gasteiger partial charge in [0.05, 0.1) is 11.1 Å². The maximum atomic E-state index is 11.3. The average molecular weight is 298 g/mol. The summed E-state index contributed by atoms with van der Waals surface area (Å²) in [7, 11) is 0. The van der Waals surface area contributed by atoms with Gasteiger partial charge in [-0.15, -0.1) is 0 Å². The maximum absolute atomic E-state index is 11.3. The zero-order chi connectivity index (χ0) is 15.5. The number of nitrogens with zero attached hydrogens (tertiary/aromatic N) is 4. The Hall–Kier alpha value is -3.29. The highest BCUT2D eigenvalue weighted by Gasteiger charge is 2.13. The van der Waals surface area contributed by atoms with Gasteiger partial charge in [0.25, 0.3) is 5.43 Å². The van der Waals surface area contributed by atoms with Crippen molar-refractivity contribution in [2.75, 3.05) is 0 Å². The second-order valence-electron chi connectivity index (χ2n) is 4.50. The second kappa shape index (κ2) is 5.60. The topological polar surface area (TPSA) is 104 Å². The summed E-state index contributed by atoms with van der Waals surface area (Å²) < 4.78 is 6.57. The molecule has 0 fully saturated rings. The van der Waals surface area contributed by atoms with Gasteiger partial charge >= 0.3 is 5.69 Å². The zero-order valence-electron chi connectivity index (χ0n) is 11.2. The Balaban J connectivity index is 1.86. The Morgan fingerprint density at radius 3 is 2.73 bits per heavy atom. The van der Waals surface area contributed by atoms with Crippen LogP contribution in [-0.4, -0.2) is 19.6 Å².